The summed E-state index contributed by atoms with van der Waals surface area (Å²) in [7, 11) is 1.72. The fourth-order valence-corrected chi connectivity index (χ4v) is 3.54. The maximum absolute atomic E-state index is 13.5. The van der Waals surface area contributed by atoms with E-state index in [4.69, 9.17) is 9.78 Å². The number of nitrogens with zero attached hydrogens (tertiary/aromatic N) is 3. The van der Waals surface area contributed by atoms with E-state index in [9.17, 15) is 14.4 Å². The monoisotopic (exact) mass is 466 g/mol. The molecule has 0 saturated carbocycles. The molecule has 1 N–H and O–H groups in total. The second-order valence-electron chi connectivity index (χ2n) is 9.00. The third kappa shape index (κ3) is 5.09. The van der Waals surface area contributed by atoms with Gasteiger partial charge in [-0.3, -0.25) is 14.8 Å². The average molecular weight is 467 g/mol. The third-order valence-corrected chi connectivity index (χ3v) is 5.48. The first-order chi connectivity index (χ1) is 16.1. The van der Waals surface area contributed by atoms with Gasteiger partial charge in [0.15, 0.2) is 0 Å². The first-order valence-electron chi connectivity index (χ1n) is 11.0. The molecule has 1 aromatic carbocycles. The van der Waals surface area contributed by atoms with Crippen molar-refractivity contribution in [2.75, 3.05) is 18.9 Å². The fraction of sp³-hybridized carbons (Fsp3) is 0.360. The normalized spacial score (nSPS) is 16.9. The second-order valence-corrected chi connectivity index (χ2v) is 9.00. The van der Waals surface area contributed by atoms with Crippen molar-refractivity contribution in [2.24, 2.45) is 5.41 Å². The van der Waals surface area contributed by atoms with E-state index >= 15 is 0 Å². The summed E-state index contributed by atoms with van der Waals surface area (Å²) in [5.74, 6) is -2.07. The number of benzene rings is 1. The highest BCUT2D eigenvalue weighted by Gasteiger charge is 2.43. The minimum absolute atomic E-state index is 0.0216. The summed E-state index contributed by atoms with van der Waals surface area (Å²) in [6.07, 6.45) is 3.21. The van der Waals surface area contributed by atoms with Crippen molar-refractivity contribution in [1.29, 1.82) is 0 Å². The molecule has 2 heterocycles. The Morgan fingerprint density at radius 2 is 1.79 bits per heavy atom. The predicted molar refractivity (Wildman–Crippen MR) is 126 cm³/mol. The zero-order chi connectivity index (χ0) is 25.0. The Bertz CT molecular complexity index is 1110. The van der Waals surface area contributed by atoms with Gasteiger partial charge in [0.25, 0.3) is 5.91 Å². The maximum atomic E-state index is 13.5. The van der Waals surface area contributed by atoms with E-state index in [-0.39, 0.29) is 11.3 Å². The Morgan fingerprint density at radius 3 is 2.38 bits per heavy atom. The second kappa shape index (κ2) is 10.0. The zero-order valence-corrected chi connectivity index (χ0v) is 20.3. The van der Waals surface area contributed by atoms with Gasteiger partial charge in [0.2, 0.25) is 0 Å². The van der Waals surface area contributed by atoms with Crippen LogP contribution in [-0.2, 0) is 24.2 Å². The number of carbonyl (C=O) groups is 3. The van der Waals surface area contributed by atoms with Crippen LogP contribution in [0, 0.1) is 12.3 Å². The predicted octanol–water partition coefficient (Wildman–Crippen LogP) is 3.55. The van der Waals surface area contributed by atoms with Crippen LogP contribution < -0.4 is 5.32 Å². The molecule has 180 valence electrons. The molecule has 1 unspecified atom stereocenters. The number of aryl methyl sites for hydroxylation is 1. The van der Waals surface area contributed by atoms with Gasteiger partial charge in [0.05, 0.1) is 28.9 Å². The molecule has 0 radical (unpaired) electrons. The lowest BCUT2D eigenvalue weighted by Crippen LogP contribution is -2.53. The molecule has 1 atom stereocenters. The van der Waals surface area contributed by atoms with Crippen LogP contribution in [0.5, 0.6) is 0 Å². The van der Waals surface area contributed by atoms with Gasteiger partial charge < -0.3 is 5.32 Å². The van der Waals surface area contributed by atoms with Gasteiger partial charge in [-0.1, -0.05) is 30.3 Å². The van der Waals surface area contributed by atoms with Crippen LogP contribution >= 0.6 is 0 Å². The van der Waals surface area contributed by atoms with Gasteiger partial charge in [-0.2, -0.15) is 0 Å². The molecule has 1 aliphatic rings. The van der Waals surface area contributed by atoms with E-state index in [1.807, 2.05) is 44.2 Å². The Hall–Kier alpha value is -3.72. The Balaban J connectivity index is 2.15. The van der Waals surface area contributed by atoms with E-state index in [2.05, 4.69) is 10.3 Å². The first-order valence-corrected chi connectivity index (χ1v) is 11.0. The standard InChI is InChI=1S/C25H30N4O5/c1-7-29-22(30)20(27-18-15-26-14-13-16(18)2)19(23(31)33-34-24(32)25(3,4)5)21(28(29)6)17-11-9-8-10-12-17/h8-15,21,27H,7H2,1-6H3. The number of amides is 1. The highest BCUT2D eigenvalue weighted by Crippen LogP contribution is 2.37. The van der Waals surface area contributed by atoms with Crippen LogP contribution in [0.4, 0.5) is 5.69 Å². The number of rotatable bonds is 5. The molecule has 0 bridgehead atoms. The molecule has 1 amide bonds. The maximum Gasteiger partial charge on any atom is 0.386 e. The first kappa shape index (κ1) is 24.9. The summed E-state index contributed by atoms with van der Waals surface area (Å²) in [5, 5.41) is 6.30. The van der Waals surface area contributed by atoms with E-state index in [0.717, 1.165) is 11.1 Å². The number of aromatic nitrogens is 1. The van der Waals surface area contributed by atoms with Gasteiger partial charge in [-0.05, 0) is 51.8 Å². The van der Waals surface area contributed by atoms with Crippen LogP contribution in [0.25, 0.3) is 0 Å². The summed E-state index contributed by atoms with van der Waals surface area (Å²) in [4.78, 5) is 53.0. The number of pyridine rings is 1. The SMILES string of the molecule is CCN1C(=O)C(Nc2cnccc2C)=C(C(=O)OOC(=O)C(C)(C)C)C(c2ccccc2)N1C. The number of nitrogens with one attached hydrogen (secondary N) is 1. The van der Waals surface area contributed by atoms with Gasteiger partial charge in [-0.25, -0.2) is 24.4 Å². The van der Waals surface area contributed by atoms with Crippen molar-refractivity contribution in [1.82, 2.24) is 15.0 Å². The van der Waals surface area contributed by atoms with E-state index in [1.165, 1.54) is 5.01 Å². The molecule has 0 fully saturated rings. The highest BCUT2D eigenvalue weighted by molar-refractivity contribution is 6.06. The Kier molecular flexibility index (Phi) is 7.36. The van der Waals surface area contributed by atoms with Crippen LogP contribution in [0.2, 0.25) is 0 Å². The molecule has 9 nitrogen and oxygen atoms in total. The molecular formula is C25H30N4O5. The third-order valence-electron chi connectivity index (χ3n) is 5.48. The van der Waals surface area contributed by atoms with Crippen molar-refractivity contribution in [3.63, 3.8) is 0 Å². The fourth-order valence-electron chi connectivity index (χ4n) is 3.54. The average Bonchev–Trinajstić information content (AvgIpc) is 2.80. The van der Waals surface area contributed by atoms with Crippen LogP contribution in [-0.4, -0.2) is 46.4 Å². The smallest absolute Gasteiger partial charge is 0.349 e. The number of anilines is 1. The number of carbonyl (C=O) groups excluding carboxylic acids is 3. The molecule has 0 aliphatic carbocycles. The molecule has 2 aromatic rings. The zero-order valence-electron chi connectivity index (χ0n) is 20.3. The van der Waals surface area contributed by atoms with Crippen molar-refractivity contribution in [3.05, 3.63) is 71.2 Å². The minimum Gasteiger partial charge on any atom is -0.349 e. The molecule has 3 rings (SSSR count). The van der Waals surface area contributed by atoms with E-state index < -0.39 is 29.3 Å². The highest BCUT2D eigenvalue weighted by atomic mass is 17.2. The summed E-state index contributed by atoms with van der Waals surface area (Å²) in [5.41, 5.74) is 1.33. The van der Waals surface area contributed by atoms with Crippen molar-refractivity contribution >= 4 is 23.5 Å². The Labute approximate surface area is 199 Å². The summed E-state index contributed by atoms with van der Waals surface area (Å²) in [6.45, 7) is 9.01. The van der Waals surface area contributed by atoms with E-state index in [1.54, 1.807) is 51.3 Å². The van der Waals surface area contributed by atoms with Crippen LogP contribution in [0.3, 0.4) is 0 Å². The summed E-state index contributed by atoms with van der Waals surface area (Å²) in [6, 6.07) is 10.4. The lowest BCUT2D eigenvalue weighted by atomic mass is 9.94. The molecule has 34 heavy (non-hydrogen) atoms. The van der Waals surface area contributed by atoms with Crippen molar-refractivity contribution in [2.45, 2.75) is 40.7 Å². The van der Waals surface area contributed by atoms with Crippen LogP contribution in [0.1, 0.15) is 44.9 Å². The minimum atomic E-state index is -0.938. The topological polar surface area (TPSA) is 101 Å². The quantitative estimate of drug-likeness (QED) is 0.527. The molecule has 9 heteroatoms. The van der Waals surface area contributed by atoms with Gasteiger partial charge in [-0.15, -0.1) is 0 Å². The molecule has 0 saturated heterocycles. The van der Waals surface area contributed by atoms with Crippen molar-refractivity contribution in [3.8, 4) is 0 Å². The molecule has 1 aromatic heterocycles. The number of hydrogen-bond acceptors (Lipinski definition) is 8. The lowest BCUT2D eigenvalue weighted by molar-refractivity contribution is -0.262. The largest absolute Gasteiger partial charge is 0.386 e. The summed E-state index contributed by atoms with van der Waals surface area (Å²) >= 11 is 0. The van der Waals surface area contributed by atoms with Crippen molar-refractivity contribution < 1.29 is 24.2 Å². The number of likely N-dealkylation sites (N-methyl/N-ethyl adjacent to an activating group) is 2. The molecular weight excluding hydrogens is 436 g/mol. The Morgan fingerprint density at radius 1 is 1.12 bits per heavy atom. The van der Waals surface area contributed by atoms with Gasteiger partial charge in [0, 0.05) is 19.8 Å². The number of hydrogen-bond donors (Lipinski definition) is 1. The van der Waals surface area contributed by atoms with Crippen LogP contribution in [0.15, 0.2) is 60.1 Å². The molecule has 0 spiro atoms. The van der Waals surface area contributed by atoms with Gasteiger partial charge in [0.1, 0.15) is 5.70 Å². The van der Waals surface area contributed by atoms with Gasteiger partial charge >= 0.3 is 11.9 Å². The number of hydrazine groups is 1. The lowest BCUT2D eigenvalue weighted by Gasteiger charge is -2.42. The molecule has 1 aliphatic heterocycles. The van der Waals surface area contributed by atoms with E-state index in [0.29, 0.717) is 12.2 Å². The summed E-state index contributed by atoms with van der Waals surface area (Å²) < 4.78 is 0.